The van der Waals surface area contributed by atoms with Crippen molar-refractivity contribution >= 4 is 0 Å². The molecule has 0 radical (unpaired) electrons. The molecule has 2 aliphatic rings. The van der Waals surface area contributed by atoms with E-state index in [-0.39, 0.29) is 0 Å². The van der Waals surface area contributed by atoms with Crippen molar-refractivity contribution in [3.8, 4) is 0 Å². The third kappa shape index (κ3) is 1.89. The van der Waals surface area contributed by atoms with Gasteiger partial charge in [-0.05, 0) is 52.6 Å². The molecule has 1 aliphatic heterocycles. The third-order valence-electron chi connectivity index (χ3n) is 3.79. The number of hydrogen-bond donors (Lipinski definition) is 1. The highest BCUT2D eigenvalue weighted by atomic mass is 15.2. The lowest BCUT2D eigenvalue weighted by Crippen LogP contribution is -2.53. The van der Waals surface area contributed by atoms with Gasteiger partial charge in [0, 0.05) is 18.1 Å². The molecule has 0 aromatic rings. The lowest BCUT2D eigenvalue weighted by atomic mass is 9.77. The number of nitrogens with one attached hydrogen (secondary N) is 1. The smallest absolute Gasteiger partial charge is 0.0182 e. The zero-order valence-electron chi connectivity index (χ0n) is 8.97. The molecule has 2 fully saturated rings. The van der Waals surface area contributed by atoms with Gasteiger partial charge in [0.15, 0.2) is 0 Å². The molecule has 0 amide bonds. The Kier molecular flexibility index (Phi) is 2.61. The van der Waals surface area contributed by atoms with Crippen LogP contribution in [0.5, 0.6) is 0 Å². The summed E-state index contributed by atoms with van der Waals surface area (Å²) < 4.78 is 0. The molecule has 2 nitrogen and oxygen atoms in total. The Hall–Kier alpha value is -0.0800. The van der Waals surface area contributed by atoms with Gasteiger partial charge in [0.2, 0.25) is 0 Å². The van der Waals surface area contributed by atoms with Crippen LogP contribution in [0, 0.1) is 0 Å². The average molecular weight is 182 g/mol. The van der Waals surface area contributed by atoms with Crippen LogP contribution in [0.15, 0.2) is 0 Å². The lowest BCUT2D eigenvalue weighted by molar-refractivity contribution is 0.0323. The van der Waals surface area contributed by atoms with Gasteiger partial charge in [0.05, 0.1) is 0 Å². The van der Waals surface area contributed by atoms with Crippen LogP contribution in [-0.4, -0.2) is 36.1 Å². The molecule has 0 aromatic heterocycles. The van der Waals surface area contributed by atoms with Gasteiger partial charge >= 0.3 is 0 Å². The number of rotatable bonds is 1. The largest absolute Gasteiger partial charge is 0.313 e. The molecule has 0 spiro atoms. The summed E-state index contributed by atoms with van der Waals surface area (Å²) in [7, 11) is 0. The molecule has 76 valence electrons. The van der Waals surface area contributed by atoms with E-state index < -0.39 is 0 Å². The van der Waals surface area contributed by atoms with Crippen LogP contribution >= 0.6 is 0 Å². The highest BCUT2D eigenvalue weighted by molar-refractivity contribution is 4.95. The zero-order valence-corrected chi connectivity index (χ0v) is 8.97. The Bertz CT molecular complexity index is 175. The van der Waals surface area contributed by atoms with E-state index in [0.29, 0.717) is 11.6 Å². The van der Waals surface area contributed by atoms with E-state index in [0.717, 1.165) is 0 Å². The first-order valence-corrected chi connectivity index (χ1v) is 5.69. The van der Waals surface area contributed by atoms with Crippen molar-refractivity contribution in [2.45, 2.75) is 51.1 Å². The van der Waals surface area contributed by atoms with Crippen molar-refractivity contribution in [2.24, 2.45) is 0 Å². The van der Waals surface area contributed by atoms with E-state index in [4.69, 9.17) is 0 Å². The minimum Gasteiger partial charge on any atom is -0.313 e. The minimum absolute atomic E-state index is 0.556. The van der Waals surface area contributed by atoms with Gasteiger partial charge in [-0.3, -0.25) is 4.90 Å². The molecule has 0 aromatic carbocycles. The monoisotopic (exact) mass is 182 g/mol. The lowest BCUT2D eigenvalue weighted by Gasteiger charge is -2.48. The Labute approximate surface area is 81.7 Å². The fraction of sp³-hybridized carbons (Fsp3) is 1.00. The summed E-state index contributed by atoms with van der Waals surface area (Å²) in [6.45, 7) is 8.49. The van der Waals surface area contributed by atoms with Gasteiger partial charge in [0.1, 0.15) is 0 Å². The maximum absolute atomic E-state index is 3.55. The van der Waals surface area contributed by atoms with Crippen molar-refractivity contribution in [3.63, 3.8) is 0 Å². The van der Waals surface area contributed by atoms with Crippen LogP contribution in [0.2, 0.25) is 0 Å². The fourth-order valence-electron chi connectivity index (χ4n) is 2.60. The van der Waals surface area contributed by atoms with Gasteiger partial charge in [-0.1, -0.05) is 0 Å². The van der Waals surface area contributed by atoms with Crippen LogP contribution in [0.1, 0.15) is 39.5 Å². The first-order chi connectivity index (χ1) is 6.21. The van der Waals surface area contributed by atoms with Gasteiger partial charge < -0.3 is 5.32 Å². The molecule has 2 rings (SSSR count). The van der Waals surface area contributed by atoms with Crippen molar-refractivity contribution in [2.75, 3.05) is 19.6 Å². The second-order valence-corrected chi connectivity index (χ2v) is 5.01. The van der Waals surface area contributed by atoms with Gasteiger partial charge in [-0.15, -0.1) is 0 Å². The Balaban J connectivity index is 1.96. The first kappa shape index (κ1) is 9.47. The van der Waals surface area contributed by atoms with Gasteiger partial charge in [0.25, 0.3) is 0 Å². The van der Waals surface area contributed by atoms with Gasteiger partial charge in [-0.2, -0.15) is 0 Å². The topological polar surface area (TPSA) is 15.3 Å². The van der Waals surface area contributed by atoms with Crippen molar-refractivity contribution in [1.82, 2.24) is 10.2 Å². The van der Waals surface area contributed by atoms with Crippen LogP contribution < -0.4 is 5.32 Å². The van der Waals surface area contributed by atoms with Crippen molar-refractivity contribution in [3.05, 3.63) is 0 Å². The predicted octanol–water partition coefficient (Wildman–Crippen LogP) is 1.61. The summed E-state index contributed by atoms with van der Waals surface area (Å²) in [6, 6.07) is 0.680. The van der Waals surface area contributed by atoms with E-state index in [1.165, 1.54) is 45.3 Å². The summed E-state index contributed by atoms with van der Waals surface area (Å²) in [5.74, 6) is 0. The Morgan fingerprint density at radius 2 is 2.08 bits per heavy atom. The zero-order chi connectivity index (χ0) is 9.31. The summed E-state index contributed by atoms with van der Waals surface area (Å²) in [5, 5.41) is 3.55. The minimum atomic E-state index is 0.556. The van der Waals surface area contributed by atoms with Crippen molar-refractivity contribution in [1.29, 1.82) is 0 Å². The van der Waals surface area contributed by atoms with E-state index >= 15 is 0 Å². The third-order valence-corrected chi connectivity index (χ3v) is 3.79. The molecule has 2 heteroatoms. The molecule has 1 heterocycles. The molecule has 1 saturated carbocycles. The van der Waals surface area contributed by atoms with E-state index in [2.05, 4.69) is 24.1 Å². The quantitative estimate of drug-likeness (QED) is 0.663. The Morgan fingerprint density at radius 3 is 2.69 bits per heavy atom. The van der Waals surface area contributed by atoms with E-state index in [1.807, 2.05) is 0 Å². The molecule has 0 bridgehead atoms. The van der Waals surface area contributed by atoms with Crippen LogP contribution in [0.3, 0.4) is 0 Å². The number of nitrogens with zero attached hydrogens (tertiary/aromatic N) is 1. The normalized spacial score (nSPS) is 35.1. The standard InChI is InChI=1S/C11H22N2/c1-10-9-13(8-4-7-12-10)11(2)5-3-6-11/h10,12H,3-9H2,1-2H3. The van der Waals surface area contributed by atoms with Crippen LogP contribution in [-0.2, 0) is 0 Å². The molecule has 1 atom stereocenters. The van der Waals surface area contributed by atoms with Crippen LogP contribution in [0.4, 0.5) is 0 Å². The predicted molar refractivity (Wildman–Crippen MR) is 55.9 cm³/mol. The molecule has 1 aliphatic carbocycles. The fourth-order valence-corrected chi connectivity index (χ4v) is 2.60. The van der Waals surface area contributed by atoms with Gasteiger partial charge in [-0.25, -0.2) is 0 Å². The average Bonchev–Trinajstić information content (AvgIpc) is 2.25. The molecule has 13 heavy (non-hydrogen) atoms. The first-order valence-electron chi connectivity index (χ1n) is 5.69. The van der Waals surface area contributed by atoms with E-state index in [9.17, 15) is 0 Å². The van der Waals surface area contributed by atoms with Crippen molar-refractivity contribution < 1.29 is 0 Å². The molecule has 1 N–H and O–H groups in total. The molecule has 1 unspecified atom stereocenters. The SMILES string of the molecule is CC1CN(C2(C)CCC2)CCCN1. The highest BCUT2D eigenvalue weighted by Gasteiger charge is 2.38. The number of hydrogen-bond acceptors (Lipinski definition) is 2. The molecular formula is C11H22N2. The maximum Gasteiger partial charge on any atom is 0.0182 e. The summed E-state index contributed by atoms with van der Waals surface area (Å²) in [6.07, 6.45) is 5.59. The Morgan fingerprint density at radius 1 is 1.31 bits per heavy atom. The highest BCUT2D eigenvalue weighted by Crippen LogP contribution is 2.37. The molecular weight excluding hydrogens is 160 g/mol. The maximum atomic E-state index is 3.55. The van der Waals surface area contributed by atoms with E-state index in [1.54, 1.807) is 0 Å². The summed E-state index contributed by atoms with van der Waals surface area (Å²) in [4.78, 5) is 2.71. The second kappa shape index (κ2) is 3.58. The summed E-state index contributed by atoms with van der Waals surface area (Å²) >= 11 is 0. The van der Waals surface area contributed by atoms with Crippen LogP contribution in [0.25, 0.3) is 0 Å². The second-order valence-electron chi connectivity index (χ2n) is 5.01. The summed E-state index contributed by atoms with van der Waals surface area (Å²) in [5.41, 5.74) is 0.556. The molecule has 1 saturated heterocycles.